The quantitative estimate of drug-likeness (QED) is 0.662. The first-order valence-electron chi connectivity index (χ1n) is 5.54. The third-order valence-corrected chi connectivity index (χ3v) is 3.92. The molecular formula is C13H7ClF2N2OS. The van der Waals surface area contributed by atoms with Crippen LogP contribution in [0.4, 0.5) is 8.78 Å². The zero-order valence-electron chi connectivity index (χ0n) is 10.2. The topological polar surface area (TPSA) is 35.0 Å². The van der Waals surface area contributed by atoms with Crippen LogP contribution in [0.25, 0.3) is 21.6 Å². The van der Waals surface area contributed by atoms with E-state index in [9.17, 15) is 8.78 Å². The Labute approximate surface area is 121 Å². The van der Waals surface area contributed by atoms with Crippen molar-refractivity contribution in [1.82, 2.24) is 9.97 Å². The molecule has 0 fully saturated rings. The van der Waals surface area contributed by atoms with Gasteiger partial charge in [0.2, 0.25) is 0 Å². The van der Waals surface area contributed by atoms with E-state index in [1.807, 2.05) is 5.38 Å². The first-order chi connectivity index (χ1) is 9.60. The molecular weight excluding hydrogens is 306 g/mol. The predicted molar refractivity (Wildman–Crippen MR) is 74.3 cm³/mol. The van der Waals surface area contributed by atoms with Gasteiger partial charge in [-0.05, 0) is 17.5 Å². The van der Waals surface area contributed by atoms with Crippen molar-refractivity contribution >= 4 is 33.8 Å². The molecule has 0 atom stereocenters. The van der Waals surface area contributed by atoms with Crippen LogP contribution in [0.15, 0.2) is 23.6 Å². The summed E-state index contributed by atoms with van der Waals surface area (Å²) in [6.45, 7) is 0. The summed E-state index contributed by atoms with van der Waals surface area (Å²) >= 11 is 7.40. The van der Waals surface area contributed by atoms with E-state index < -0.39 is 11.6 Å². The summed E-state index contributed by atoms with van der Waals surface area (Å²) in [5, 5.41) is 2.16. The number of hydrogen-bond donors (Lipinski definition) is 0. The number of nitrogens with zero attached hydrogens (tertiary/aromatic N) is 2. The molecule has 0 bridgehead atoms. The molecule has 2 heterocycles. The Morgan fingerprint density at radius 1 is 1.20 bits per heavy atom. The Kier molecular flexibility index (Phi) is 3.27. The second-order valence-corrected chi connectivity index (χ2v) is 5.21. The van der Waals surface area contributed by atoms with E-state index in [2.05, 4.69) is 9.97 Å². The largest absolute Gasteiger partial charge is 0.495 e. The Morgan fingerprint density at radius 2 is 1.95 bits per heavy atom. The standard InChI is InChI=1S/C13H7ClF2N2OS/c1-19-10-2-3-20-11(10)13-17-9-5-8(16)7(15)4-6(9)12(14)18-13/h2-5H,1H3. The highest BCUT2D eigenvalue weighted by atomic mass is 35.5. The molecule has 1 aromatic carbocycles. The first kappa shape index (κ1) is 13.2. The van der Waals surface area contributed by atoms with Gasteiger partial charge >= 0.3 is 0 Å². The van der Waals surface area contributed by atoms with Crippen molar-refractivity contribution in [2.45, 2.75) is 0 Å². The number of rotatable bonds is 2. The lowest BCUT2D eigenvalue weighted by molar-refractivity contribution is 0.418. The minimum Gasteiger partial charge on any atom is -0.495 e. The highest BCUT2D eigenvalue weighted by Crippen LogP contribution is 2.35. The fourth-order valence-electron chi connectivity index (χ4n) is 1.81. The zero-order chi connectivity index (χ0) is 14.3. The average Bonchev–Trinajstić information content (AvgIpc) is 2.89. The van der Waals surface area contributed by atoms with Gasteiger partial charge in [0.1, 0.15) is 15.8 Å². The molecule has 20 heavy (non-hydrogen) atoms. The van der Waals surface area contributed by atoms with Crippen molar-refractivity contribution in [3.63, 3.8) is 0 Å². The smallest absolute Gasteiger partial charge is 0.175 e. The number of halogens is 3. The van der Waals surface area contributed by atoms with Crippen molar-refractivity contribution in [1.29, 1.82) is 0 Å². The van der Waals surface area contributed by atoms with Gasteiger partial charge in [-0.15, -0.1) is 11.3 Å². The first-order valence-corrected chi connectivity index (χ1v) is 6.80. The van der Waals surface area contributed by atoms with Gasteiger partial charge in [-0.2, -0.15) is 0 Å². The molecule has 0 amide bonds. The summed E-state index contributed by atoms with van der Waals surface area (Å²) in [6, 6.07) is 3.76. The molecule has 0 aliphatic heterocycles. The second-order valence-electron chi connectivity index (χ2n) is 3.94. The number of benzene rings is 1. The molecule has 0 saturated carbocycles. The van der Waals surface area contributed by atoms with E-state index in [4.69, 9.17) is 16.3 Å². The molecule has 0 spiro atoms. The Hall–Kier alpha value is -1.79. The lowest BCUT2D eigenvalue weighted by atomic mass is 10.2. The fraction of sp³-hybridized carbons (Fsp3) is 0.0769. The second kappa shape index (κ2) is 4.96. The van der Waals surface area contributed by atoms with Crippen LogP contribution in [0.5, 0.6) is 5.75 Å². The summed E-state index contributed by atoms with van der Waals surface area (Å²) in [6.07, 6.45) is 0. The molecule has 0 aliphatic rings. The highest BCUT2D eigenvalue weighted by Gasteiger charge is 2.15. The van der Waals surface area contributed by atoms with Gasteiger partial charge in [0.05, 0.1) is 12.6 Å². The molecule has 0 saturated heterocycles. The monoisotopic (exact) mass is 312 g/mol. The Balaban J connectivity index is 2.26. The number of methoxy groups -OCH3 is 1. The van der Waals surface area contributed by atoms with Crippen molar-refractivity contribution in [2.75, 3.05) is 7.11 Å². The normalized spacial score (nSPS) is 11.0. The maximum absolute atomic E-state index is 13.3. The van der Waals surface area contributed by atoms with Gasteiger partial charge in [-0.25, -0.2) is 18.7 Å². The van der Waals surface area contributed by atoms with Gasteiger partial charge < -0.3 is 4.74 Å². The number of thiophene rings is 1. The van der Waals surface area contributed by atoms with Crippen LogP contribution in [-0.4, -0.2) is 17.1 Å². The number of ether oxygens (including phenoxy) is 1. The van der Waals surface area contributed by atoms with Crippen molar-refractivity contribution in [3.8, 4) is 16.5 Å². The maximum atomic E-state index is 13.3. The summed E-state index contributed by atoms with van der Waals surface area (Å²) < 4.78 is 31.7. The van der Waals surface area contributed by atoms with Crippen LogP contribution >= 0.6 is 22.9 Å². The van der Waals surface area contributed by atoms with Crippen LogP contribution < -0.4 is 4.74 Å². The SMILES string of the molecule is COc1ccsc1-c1nc(Cl)c2cc(F)c(F)cc2n1. The van der Waals surface area contributed by atoms with E-state index in [1.54, 1.807) is 6.07 Å². The molecule has 0 unspecified atom stereocenters. The van der Waals surface area contributed by atoms with Gasteiger partial charge in [-0.1, -0.05) is 11.6 Å². The third-order valence-electron chi connectivity index (χ3n) is 2.74. The molecule has 0 N–H and O–H groups in total. The summed E-state index contributed by atoms with van der Waals surface area (Å²) in [4.78, 5) is 9.02. The summed E-state index contributed by atoms with van der Waals surface area (Å²) in [7, 11) is 1.53. The molecule has 3 aromatic rings. The van der Waals surface area contributed by atoms with E-state index in [0.717, 1.165) is 12.1 Å². The van der Waals surface area contributed by atoms with Crippen LogP contribution in [0.3, 0.4) is 0 Å². The molecule has 3 nitrogen and oxygen atoms in total. The van der Waals surface area contributed by atoms with Crippen LogP contribution in [0, 0.1) is 11.6 Å². The molecule has 0 aliphatic carbocycles. The Morgan fingerprint density at radius 3 is 2.70 bits per heavy atom. The van der Waals surface area contributed by atoms with E-state index in [-0.39, 0.29) is 16.1 Å². The highest BCUT2D eigenvalue weighted by molar-refractivity contribution is 7.13. The maximum Gasteiger partial charge on any atom is 0.175 e. The van der Waals surface area contributed by atoms with E-state index >= 15 is 0 Å². The van der Waals surface area contributed by atoms with Gasteiger partial charge in [0.25, 0.3) is 0 Å². The third kappa shape index (κ3) is 2.10. The number of fused-ring (bicyclic) bond motifs is 1. The van der Waals surface area contributed by atoms with E-state index in [0.29, 0.717) is 16.5 Å². The van der Waals surface area contributed by atoms with Crippen molar-refractivity contribution in [3.05, 3.63) is 40.4 Å². The molecule has 3 rings (SSSR count). The summed E-state index contributed by atoms with van der Waals surface area (Å²) in [5.41, 5.74) is 0.245. The van der Waals surface area contributed by atoms with Gasteiger partial charge in [0.15, 0.2) is 17.5 Å². The number of hydrogen-bond acceptors (Lipinski definition) is 4. The minimum atomic E-state index is -0.982. The molecule has 7 heteroatoms. The molecule has 0 radical (unpaired) electrons. The minimum absolute atomic E-state index is 0.0688. The number of aromatic nitrogens is 2. The van der Waals surface area contributed by atoms with Gasteiger partial charge in [0, 0.05) is 11.5 Å². The molecule has 102 valence electrons. The zero-order valence-corrected chi connectivity index (χ0v) is 11.7. The van der Waals surface area contributed by atoms with Crippen LogP contribution in [0.1, 0.15) is 0 Å². The van der Waals surface area contributed by atoms with Crippen LogP contribution in [0.2, 0.25) is 5.15 Å². The van der Waals surface area contributed by atoms with E-state index in [1.165, 1.54) is 18.4 Å². The molecule has 2 aromatic heterocycles. The predicted octanol–water partition coefficient (Wildman–Crippen LogP) is 4.30. The average molecular weight is 313 g/mol. The van der Waals surface area contributed by atoms with Crippen molar-refractivity contribution < 1.29 is 13.5 Å². The fourth-order valence-corrected chi connectivity index (χ4v) is 2.83. The van der Waals surface area contributed by atoms with Crippen molar-refractivity contribution in [2.24, 2.45) is 0 Å². The lowest BCUT2D eigenvalue weighted by Crippen LogP contribution is -1.94. The van der Waals surface area contributed by atoms with Crippen LogP contribution in [-0.2, 0) is 0 Å². The van der Waals surface area contributed by atoms with Gasteiger partial charge in [-0.3, -0.25) is 0 Å². The lowest BCUT2D eigenvalue weighted by Gasteiger charge is -2.05. The summed E-state index contributed by atoms with van der Waals surface area (Å²) in [5.74, 6) is -1.03. The Bertz CT molecular complexity index is 806.